The van der Waals surface area contributed by atoms with Gasteiger partial charge in [0.05, 0.1) is 0 Å². The van der Waals surface area contributed by atoms with Crippen LogP contribution < -0.4 is 4.72 Å². The van der Waals surface area contributed by atoms with Crippen LogP contribution in [-0.2, 0) is 10.0 Å². The summed E-state index contributed by atoms with van der Waals surface area (Å²) in [5.74, 6) is 0. The third kappa shape index (κ3) is 3.84. The van der Waals surface area contributed by atoms with Gasteiger partial charge in [-0.15, -0.1) is 0 Å². The van der Waals surface area contributed by atoms with Crippen molar-refractivity contribution in [2.75, 3.05) is 6.54 Å². The molecule has 0 bridgehead atoms. The van der Waals surface area contributed by atoms with Crippen LogP contribution in [0.2, 0.25) is 0 Å². The third-order valence-electron chi connectivity index (χ3n) is 1.38. The molecule has 0 saturated carbocycles. The summed E-state index contributed by atoms with van der Waals surface area (Å²) >= 11 is 0. The average molecular weight is 240 g/mol. The lowest BCUT2D eigenvalue weighted by Crippen LogP contribution is -2.34. The number of nitrogens with zero attached hydrogens (tertiary/aromatic N) is 1. The summed E-state index contributed by atoms with van der Waals surface area (Å²) in [7, 11) is -4.17. The van der Waals surface area contributed by atoms with Gasteiger partial charge in [-0.05, 0) is 12.1 Å². The van der Waals surface area contributed by atoms with E-state index in [1.165, 1.54) is 23.1 Å². The number of halogens is 3. The van der Waals surface area contributed by atoms with Crippen molar-refractivity contribution in [1.82, 2.24) is 9.71 Å². The number of pyridine rings is 1. The average Bonchev–Trinajstić information content (AvgIpc) is 2.16. The third-order valence-corrected chi connectivity index (χ3v) is 2.69. The van der Waals surface area contributed by atoms with Crippen LogP contribution in [0.25, 0.3) is 0 Å². The SMILES string of the molecule is O=S(=O)(NCC(F)(F)F)c1ccccn1. The summed E-state index contributed by atoms with van der Waals surface area (Å²) in [4.78, 5) is 3.43. The Bertz CT molecular complexity index is 416. The highest BCUT2D eigenvalue weighted by atomic mass is 32.2. The van der Waals surface area contributed by atoms with Crippen molar-refractivity contribution in [3.63, 3.8) is 0 Å². The number of alkyl halides is 3. The zero-order valence-electron chi connectivity index (χ0n) is 7.32. The molecule has 0 aliphatic carbocycles. The highest BCUT2D eigenvalue weighted by Gasteiger charge is 2.30. The van der Waals surface area contributed by atoms with Gasteiger partial charge in [-0.3, -0.25) is 0 Å². The molecule has 0 unspecified atom stereocenters. The van der Waals surface area contributed by atoms with E-state index in [1.54, 1.807) is 0 Å². The number of hydrogen-bond donors (Lipinski definition) is 1. The van der Waals surface area contributed by atoms with E-state index in [0.717, 1.165) is 6.07 Å². The Morgan fingerprint density at radius 3 is 2.47 bits per heavy atom. The van der Waals surface area contributed by atoms with Crippen molar-refractivity contribution >= 4 is 10.0 Å². The molecule has 8 heteroatoms. The first-order valence-electron chi connectivity index (χ1n) is 3.79. The topological polar surface area (TPSA) is 59.1 Å². The van der Waals surface area contributed by atoms with Crippen molar-refractivity contribution < 1.29 is 21.6 Å². The Morgan fingerprint density at radius 2 is 2.00 bits per heavy atom. The van der Waals surface area contributed by atoms with Crippen LogP contribution in [0.1, 0.15) is 0 Å². The maximum absolute atomic E-state index is 11.8. The molecule has 4 nitrogen and oxygen atoms in total. The van der Waals surface area contributed by atoms with Gasteiger partial charge in [0, 0.05) is 6.20 Å². The normalized spacial score (nSPS) is 12.7. The van der Waals surface area contributed by atoms with Crippen LogP contribution in [0.3, 0.4) is 0 Å². The van der Waals surface area contributed by atoms with Crippen LogP contribution in [-0.4, -0.2) is 26.1 Å². The summed E-state index contributed by atoms with van der Waals surface area (Å²) in [6, 6.07) is 3.94. The molecule has 1 aromatic heterocycles. The van der Waals surface area contributed by atoms with E-state index in [1.807, 2.05) is 0 Å². The number of sulfonamides is 1. The van der Waals surface area contributed by atoms with Crippen LogP contribution in [0.15, 0.2) is 29.4 Å². The molecule has 0 saturated heterocycles. The maximum Gasteiger partial charge on any atom is 0.402 e. The molecule has 1 aromatic rings. The predicted molar refractivity (Wildman–Crippen MR) is 45.5 cm³/mol. The molecular formula is C7H7F3N2O2S. The summed E-state index contributed by atoms with van der Waals surface area (Å²) in [6.45, 7) is -1.61. The van der Waals surface area contributed by atoms with Gasteiger partial charge in [0.1, 0.15) is 6.54 Å². The lowest BCUT2D eigenvalue weighted by atomic mass is 10.5. The first kappa shape index (κ1) is 11.9. The minimum absolute atomic E-state index is 0.436. The van der Waals surface area contributed by atoms with Crippen molar-refractivity contribution in [3.8, 4) is 0 Å². The largest absolute Gasteiger partial charge is 0.402 e. The van der Waals surface area contributed by atoms with E-state index in [4.69, 9.17) is 0 Å². The van der Waals surface area contributed by atoms with Gasteiger partial charge < -0.3 is 0 Å². The smallest absolute Gasteiger partial charge is 0.243 e. The first-order chi connectivity index (χ1) is 6.81. The van der Waals surface area contributed by atoms with Crippen molar-refractivity contribution in [3.05, 3.63) is 24.4 Å². The maximum atomic E-state index is 11.8. The van der Waals surface area contributed by atoms with Gasteiger partial charge in [-0.2, -0.15) is 13.2 Å². The standard InChI is InChI=1S/C7H7F3N2O2S/c8-7(9,10)5-12-15(13,14)6-3-1-2-4-11-6/h1-4,12H,5H2. The predicted octanol–water partition coefficient (Wildman–Crippen LogP) is 0.922. The molecule has 0 spiro atoms. The molecule has 0 aromatic carbocycles. The van der Waals surface area contributed by atoms with Crippen molar-refractivity contribution in [2.45, 2.75) is 11.2 Å². The van der Waals surface area contributed by atoms with Gasteiger partial charge in [0.2, 0.25) is 0 Å². The Morgan fingerprint density at radius 1 is 1.33 bits per heavy atom. The van der Waals surface area contributed by atoms with Gasteiger partial charge in [-0.25, -0.2) is 18.1 Å². The lowest BCUT2D eigenvalue weighted by Gasteiger charge is -2.08. The van der Waals surface area contributed by atoms with E-state index < -0.39 is 27.8 Å². The molecule has 1 N–H and O–H groups in total. The minimum atomic E-state index is -4.58. The molecule has 15 heavy (non-hydrogen) atoms. The van der Waals surface area contributed by atoms with Crippen molar-refractivity contribution in [1.29, 1.82) is 0 Å². The van der Waals surface area contributed by atoms with E-state index >= 15 is 0 Å². The second-order valence-corrected chi connectivity index (χ2v) is 4.32. The zero-order chi connectivity index (χ0) is 11.5. The van der Waals surface area contributed by atoms with E-state index in [-0.39, 0.29) is 0 Å². The summed E-state index contributed by atoms with van der Waals surface area (Å²) in [5, 5.41) is -0.436. The lowest BCUT2D eigenvalue weighted by molar-refractivity contribution is -0.121. The van der Waals surface area contributed by atoms with Crippen LogP contribution >= 0.6 is 0 Å². The molecule has 0 atom stereocenters. The van der Waals surface area contributed by atoms with E-state index in [2.05, 4.69) is 4.98 Å². The summed E-state index contributed by atoms with van der Waals surface area (Å²) in [5.41, 5.74) is 0. The van der Waals surface area contributed by atoms with Crippen LogP contribution in [0, 0.1) is 0 Å². The van der Waals surface area contributed by atoms with Crippen LogP contribution in [0.4, 0.5) is 13.2 Å². The fraction of sp³-hybridized carbons (Fsp3) is 0.286. The Balaban J connectivity index is 2.78. The number of rotatable bonds is 3. The molecule has 84 valence electrons. The molecule has 1 heterocycles. The Kier molecular flexibility index (Phi) is 3.30. The quantitative estimate of drug-likeness (QED) is 0.854. The fourth-order valence-corrected chi connectivity index (χ4v) is 1.72. The fourth-order valence-electron chi connectivity index (χ4n) is 0.757. The van der Waals surface area contributed by atoms with E-state index in [9.17, 15) is 21.6 Å². The van der Waals surface area contributed by atoms with Gasteiger partial charge in [0.15, 0.2) is 5.03 Å². The van der Waals surface area contributed by atoms with E-state index in [0.29, 0.717) is 0 Å². The highest BCUT2D eigenvalue weighted by molar-refractivity contribution is 7.89. The molecule has 0 aliphatic heterocycles. The molecular weight excluding hydrogens is 233 g/mol. The number of hydrogen-bond acceptors (Lipinski definition) is 3. The second kappa shape index (κ2) is 4.15. The Labute approximate surface area is 84.2 Å². The zero-order valence-corrected chi connectivity index (χ0v) is 8.14. The molecule has 0 aliphatic rings. The second-order valence-electron chi connectivity index (χ2n) is 2.61. The van der Waals surface area contributed by atoms with Gasteiger partial charge in [-0.1, -0.05) is 6.07 Å². The molecule has 0 amide bonds. The highest BCUT2D eigenvalue weighted by Crippen LogP contribution is 2.14. The van der Waals surface area contributed by atoms with Crippen LogP contribution in [0.5, 0.6) is 0 Å². The van der Waals surface area contributed by atoms with Gasteiger partial charge in [0.25, 0.3) is 10.0 Å². The minimum Gasteiger partial charge on any atom is -0.243 e. The monoisotopic (exact) mass is 240 g/mol. The number of aromatic nitrogens is 1. The Hall–Kier alpha value is -1.15. The van der Waals surface area contributed by atoms with Gasteiger partial charge >= 0.3 is 6.18 Å². The summed E-state index contributed by atoms with van der Waals surface area (Å²) < 4.78 is 59.1. The number of nitrogens with one attached hydrogen (secondary N) is 1. The first-order valence-corrected chi connectivity index (χ1v) is 5.27. The molecule has 0 fully saturated rings. The summed E-state index contributed by atoms with van der Waals surface area (Å²) in [6.07, 6.45) is -3.40. The molecule has 1 rings (SSSR count). The van der Waals surface area contributed by atoms with Crippen molar-refractivity contribution in [2.24, 2.45) is 0 Å². The molecule has 0 radical (unpaired) electrons.